The van der Waals surface area contributed by atoms with Crippen LogP contribution in [0.1, 0.15) is 52.2 Å². The molecule has 0 aliphatic heterocycles. The third-order valence-corrected chi connectivity index (χ3v) is 4.66. The van der Waals surface area contributed by atoms with Gasteiger partial charge in [0.05, 0.1) is 12.5 Å². The number of carboxylic acid groups (broad SMARTS) is 1. The fourth-order valence-corrected chi connectivity index (χ4v) is 3.13. The molecule has 3 atom stereocenters. The Morgan fingerprint density at radius 3 is 2.59 bits per heavy atom. The highest BCUT2D eigenvalue weighted by molar-refractivity contribution is 5.73. The number of benzene rings is 1. The molecule has 0 spiro atoms. The summed E-state index contributed by atoms with van der Waals surface area (Å²) >= 11 is 0. The lowest BCUT2D eigenvalue weighted by atomic mass is 9.84. The maximum Gasteiger partial charge on any atom is 0.306 e. The SMILES string of the molecule is CCOc1ccc(C(C)(C)C)cc1CC(C)C1CC1C(=O)O. The number of hydrogen-bond acceptors (Lipinski definition) is 2. The normalized spacial score (nSPS) is 22.2. The van der Waals surface area contributed by atoms with Crippen LogP contribution in [-0.2, 0) is 16.6 Å². The molecular weight excluding hydrogens is 276 g/mol. The van der Waals surface area contributed by atoms with E-state index >= 15 is 0 Å². The molecule has 122 valence electrons. The molecule has 1 aromatic rings. The van der Waals surface area contributed by atoms with Crippen LogP contribution in [0.3, 0.4) is 0 Å². The Labute approximate surface area is 133 Å². The second-order valence-electron chi connectivity index (χ2n) is 7.53. The molecule has 3 nitrogen and oxygen atoms in total. The van der Waals surface area contributed by atoms with Crippen molar-refractivity contribution >= 4 is 5.97 Å². The maximum atomic E-state index is 11.1. The summed E-state index contributed by atoms with van der Waals surface area (Å²) in [5, 5.41) is 9.10. The lowest BCUT2D eigenvalue weighted by Gasteiger charge is -2.22. The quantitative estimate of drug-likeness (QED) is 0.853. The Morgan fingerprint density at radius 2 is 2.09 bits per heavy atom. The monoisotopic (exact) mass is 304 g/mol. The van der Waals surface area contributed by atoms with Gasteiger partial charge in [-0.25, -0.2) is 0 Å². The van der Waals surface area contributed by atoms with Crippen molar-refractivity contribution in [3.05, 3.63) is 29.3 Å². The minimum absolute atomic E-state index is 0.103. The zero-order chi connectivity index (χ0) is 16.5. The minimum atomic E-state index is -0.648. The van der Waals surface area contributed by atoms with Crippen LogP contribution in [0.25, 0.3) is 0 Å². The first-order valence-electron chi connectivity index (χ1n) is 8.23. The summed E-state index contributed by atoms with van der Waals surface area (Å²) in [6.07, 6.45) is 1.70. The predicted molar refractivity (Wildman–Crippen MR) is 88.4 cm³/mol. The van der Waals surface area contributed by atoms with Gasteiger partial charge in [-0.15, -0.1) is 0 Å². The van der Waals surface area contributed by atoms with Crippen molar-refractivity contribution in [1.29, 1.82) is 0 Å². The molecule has 1 aliphatic rings. The summed E-state index contributed by atoms with van der Waals surface area (Å²) in [4.78, 5) is 11.1. The molecule has 2 rings (SSSR count). The van der Waals surface area contributed by atoms with Crippen LogP contribution in [0.2, 0.25) is 0 Å². The van der Waals surface area contributed by atoms with Gasteiger partial charge in [-0.05, 0) is 54.2 Å². The Balaban J connectivity index is 2.18. The summed E-state index contributed by atoms with van der Waals surface area (Å²) in [6.45, 7) is 11.4. The van der Waals surface area contributed by atoms with Crippen LogP contribution in [-0.4, -0.2) is 17.7 Å². The van der Waals surface area contributed by atoms with Crippen LogP contribution < -0.4 is 4.74 Å². The first kappa shape index (κ1) is 16.9. The second kappa shape index (κ2) is 6.31. The van der Waals surface area contributed by atoms with Gasteiger partial charge in [0.25, 0.3) is 0 Å². The molecule has 0 amide bonds. The highest BCUT2D eigenvalue weighted by atomic mass is 16.5. The molecule has 1 aliphatic carbocycles. The molecule has 0 saturated heterocycles. The van der Waals surface area contributed by atoms with Crippen molar-refractivity contribution in [3.8, 4) is 5.75 Å². The van der Waals surface area contributed by atoms with Crippen LogP contribution >= 0.6 is 0 Å². The van der Waals surface area contributed by atoms with E-state index in [1.54, 1.807) is 0 Å². The fourth-order valence-electron chi connectivity index (χ4n) is 3.13. The molecule has 1 aromatic carbocycles. The lowest BCUT2D eigenvalue weighted by Crippen LogP contribution is -2.14. The summed E-state index contributed by atoms with van der Waals surface area (Å²) in [5.41, 5.74) is 2.60. The Kier molecular flexibility index (Phi) is 4.84. The molecule has 0 bridgehead atoms. The molecular formula is C19H28O3. The molecule has 1 fully saturated rings. The van der Waals surface area contributed by atoms with E-state index < -0.39 is 5.97 Å². The maximum absolute atomic E-state index is 11.1. The molecule has 0 aromatic heterocycles. The smallest absolute Gasteiger partial charge is 0.306 e. The molecule has 3 heteroatoms. The van der Waals surface area contributed by atoms with E-state index in [1.807, 2.05) is 6.92 Å². The van der Waals surface area contributed by atoms with E-state index in [4.69, 9.17) is 9.84 Å². The van der Waals surface area contributed by atoms with Gasteiger partial charge < -0.3 is 9.84 Å². The zero-order valence-electron chi connectivity index (χ0n) is 14.3. The number of rotatable bonds is 6. The number of hydrogen-bond donors (Lipinski definition) is 1. The largest absolute Gasteiger partial charge is 0.494 e. The standard InChI is InChI=1S/C19H28O3/c1-6-22-17-8-7-14(19(3,4)5)10-13(17)9-12(2)15-11-16(15)18(20)21/h7-8,10,12,15-16H,6,9,11H2,1-5H3,(H,20,21). The van der Waals surface area contributed by atoms with E-state index in [0.717, 1.165) is 18.6 Å². The van der Waals surface area contributed by atoms with Gasteiger partial charge in [-0.2, -0.15) is 0 Å². The van der Waals surface area contributed by atoms with Gasteiger partial charge in [-0.3, -0.25) is 4.79 Å². The van der Waals surface area contributed by atoms with Crippen LogP contribution in [0, 0.1) is 17.8 Å². The van der Waals surface area contributed by atoms with E-state index in [-0.39, 0.29) is 11.3 Å². The Bertz CT molecular complexity index is 542. The van der Waals surface area contributed by atoms with Gasteiger partial charge in [0, 0.05) is 0 Å². The summed E-state index contributed by atoms with van der Waals surface area (Å²) in [5.74, 6) is 0.831. The molecule has 1 N–H and O–H groups in total. The summed E-state index contributed by atoms with van der Waals surface area (Å²) < 4.78 is 5.76. The van der Waals surface area contributed by atoms with E-state index in [9.17, 15) is 4.79 Å². The average Bonchev–Trinajstić information content (AvgIpc) is 3.20. The van der Waals surface area contributed by atoms with Crippen molar-refractivity contribution in [2.24, 2.45) is 17.8 Å². The third kappa shape index (κ3) is 3.82. The van der Waals surface area contributed by atoms with Crippen molar-refractivity contribution in [3.63, 3.8) is 0 Å². The predicted octanol–water partition coefficient (Wildman–Crippen LogP) is 4.28. The van der Waals surface area contributed by atoms with Gasteiger partial charge in [-0.1, -0.05) is 39.8 Å². The molecule has 3 unspecified atom stereocenters. The van der Waals surface area contributed by atoms with Crippen molar-refractivity contribution in [1.82, 2.24) is 0 Å². The number of ether oxygens (including phenoxy) is 1. The van der Waals surface area contributed by atoms with Gasteiger partial charge in [0.1, 0.15) is 5.75 Å². The number of carboxylic acids is 1. The third-order valence-electron chi connectivity index (χ3n) is 4.66. The van der Waals surface area contributed by atoms with Crippen molar-refractivity contribution < 1.29 is 14.6 Å². The fraction of sp³-hybridized carbons (Fsp3) is 0.632. The molecule has 0 radical (unpaired) electrons. The van der Waals surface area contributed by atoms with Crippen LogP contribution in [0.4, 0.5) is 0 Å². The van der Waals surface area contributed by atoms with Gasteiger partial charge in [0.15, 0.2) is 0 Å². The van der Waals surface area contributed by atoms with Gasteiger partial charge in [0.2, 0.25) is 0 Å². The van der Waals surface area contributed by atoms with E-state index in [0.29, 0.717) is 18.4 Å². The molecule has 0 heterocycles. The van der Waals surface area contributed by atoms with Crippen molar-refractivity contribution in [2.75, 3.05) is 6.61 Å². The molecule has 22 heavy (non-hydrogen) atoms. The lowest BCUT2D eigenvalue weighted by molar-refractivity contribution is -0.139. The highest BCUT2D eigenvalue weighted by Gasteiger charge is 2.46. The topological polar surface area (TPSA) is 46.5 Å². The Hall–Kier alpha value is -1.51. The average molecular weight is 304 g/mol. The summed E-state index contributed by atoms with van der Waals surface area (Å²) in [7, 11) is 0. The first-order valence-corrected chi connectivity index (χ1v) is 8.23. The minimum Gasteiger partial charge on any atom is -0.494 e. The van der Waals surface area contributed by atoms with Crippen molar-refractivity contribution in [2.45, 2.75) is 52.9 Å². The second-order valence-corrected chi connectivity index (χ2v) is 7.53. The van der Waals surface area contributed by atoms with Gasteiger partial charge >= 0.3 is 5.97 Å². The first-order chi connectivity index (χ1) is 10.2. The van der Waals surface area contributed by atoms with E-state index in [2.05, 4.69) is 45.9 Å². The van der Waals surface area contributed by atoms with Crippen LogP contribution in [0.15, 0.2) is 18.2 Å². The summed E-state index contributed by atoms with van der Waals surface area (Å²) in [6, 6.07) is 6.43. The molecule has 1 saturated carbocycles. The Morgan fingerprint density at radius 1 is 1.41 bits per heavy atom. The number of aliphatic carboxylic acids is 1. The van der Waals surface area contributed by atoms with E-state index in [1.165, 1.54) is 11.1 Å². The van der Waals surface area contributed by atoms with Crippen LogP contribution in [0.5, 0.6) is 5.75 Å². The highest BCUT2D eigenvalue weighted by Crippen LogP contribution is 2.46. The number of carbonyl (C=O) groups is 1. The zero-order valence-corrected chi connectivity index (χ0v) is 14.3.